The molecule has 0 spiro atoms. The first kappa shape index (κ1) is 22.7. The molecule has 39 heavy (non-hydrogen) atoms. The lowest BCUT2D eigenvalue weighted by Gasteiger charge is -2.28. The second-order valence-electron chi connectivity index (χ2n) is 9.93. The van der Waals surface area contributed by atoms with E-state index in [9.17, 15) is 0 Å². The minimum Gasteiger partial charge on any atom is -0.292 e. The van der Waals surface area contributed by atoms with E-state index in [1.54, 1.807) is 0 Å². The van der Waals surface area contributed by atoms with Gasteiger partial charge in [-0.15, -0.1) is 0 Å². The number of fused-ring (bicyclic) bond motifs is 9. The van der Waals surface area contributed by atoms with E-state index < -0.39 is 6.04 Å². The van der Waals surface area contributed by atoms with E-state index >= 15 is 0 Å². The van der Waals surface area contributed by atoms with Crippen molar-refractivity contribution >= 4 is 82.9 Å². The average Bonchev–Trinajstić information content (AvgIpc) is 3.40. The zero-order valence-corrected chi connectivity index (χ0v) is 22.7. The Labute approximate surface area is 231 Å². The zero-order valence-electron chi connectivity index (χ0n) is 21.0. The second kappa shape index (κ2) is 8.61. The summed E-state index contributed by atoms with van der Waals surface area (Å²) in [5.41, 5.74) is 4.22. The van der Waals surface area contributed by atoms with Crippen LogP contribution in [0.25, 0.3) is 49.1 Å². The van der Waals surface area contributed by atoms with Gasteiger partial charge in [0.2, 0.25) is 0 Å². The number of pyridine rings is 1. The highest BCUT2D eigenvalue weighted by Crippen LogP contribution is 2.48. The summed E-state index contributed by atoms with van der Waals surface area (Å²) in [7, 11) is 0. The van der Waals surface area contributed by atoms with Gasteiger partial charge in [0.15, 0.2) is 0 Å². The molecule has 0 N–H and O–H groups in total. The number of hydrogen-bond donors (Lipinski definition) is 0. The summed E-state index contributed by atoms with van der Waals surface area (Å²) in [4.78, 5) is 5.30. The van der Waals surface area contributed by atoms with Crippen LogP contribution in [0.1, 0.15) is 0 Å². The van der Waals surface area contributed by atoms with Crippen molar-refractivity contribution in [3.05, 3.63) is 140 Å². The van der Waals surface area contributed by atoms with Gasteiger partial charge >= 0.3 is 0 Å². The molecule has 2 nitrogen and oxygen atoms in total. The quantitative estimate of drug-likeness (QED) is 0.131. The van der Waals surface area contributed by atoms with Gasteiger partial charge in [0.05, 0.1) is 16.6 Å². The van der Waals surface area contributed by atoms with Crippen molar-refractivity contribution in [1.29, 1.82) is 0 Å². The molecule has 0 atom stereocenters. The first-order valence-electron chi connectivity index (χ1n) is 13.1. The number of rotatable bonds is 3. The minimum atomic E-state index is -2.51. The molecule has 0 saturated heterocycles. The lowest BCUT2D eigenvalue weighted by Crippen LogP contribution is -2.26. The van der Waals surface area contributed by atoms with Crippen LogP contribution in [0.2, 0.25) is 0 Å². The summed E-state index contributed by atoms with van der Waals surface area (Å²) in [6, 6.07) is 47.1. The summed E-state index contributed by atoms with van der Waals surface area (Å²) in [5, 5.41) is 9.55. The summed E-state index contributed by atoms with van der Waals surface area (Å²) >= 11 is 7.00. The maximum Gasteiger partial charge on any atom is 0.147 e. The fourth-order valence-corrected chi connectivity index (χ4v) is 10.5. The Morgan fingerprint density at radius 2 is 1.10 bits per heavy atom. The highest BCUT2D eigenvalue weighted by molar-refractivity contribution is 8.25. The predicted octanol–water partition coefficient (Wildman–Crippen LogP) is 7.70. The molecule has 0 bridgehead atoms. The Kier molecular flexibility index (Phi) is 5.00. The van der Waals surface area contributed by atoms with Gasteiger partial charge in [0.1, 0.15) is 5.65 Å². The molecule has 8 aromatic rings. The summed E-state index contributed by atoms with van der Waals surface area (Å²) in [6.45, 7) is 0. The van der Waals surface area contributed by atoms with Gasteiger partial charge in [-0.3, -0.25) is 4.40 Å². The molecule has 2 aromatic heterocycles. The fourth-order valence-electron chi connectivity index (χ4n) is 6.11. The topological polar surface area (TPSA) is 17.3 Å². The van der Waals surface area contributed by atoms with E-state index in [1.165, 1.54) is 37.5 Å². The van der Waals surface area contributed by atoms with Crippen LogP contribution in [0.3, 0.4) is 0 Å². The number of para-hydroxylation sites is 3. The van der Waals surface area contributed by atoms with Crippen LogP contribution in [-0.4, -0.2) is 9.38 Å². The van der Waals surface area contributed by atoms with E-state index in [0.29, 0.717) is 0 Å². The van der Waals surface area contributed by atoms with Crippen molar-refractivity contribution < 1.29 is 0 Å². The molecule has 0 fully saturated rings. The van der Waals surface area contributed by atoms with Gasteiger partial charge in [0, 0.05) is 22.1 Å². The highest BCUT2D eigenvalue weighted by atomic mass is 32.4. The van der Waals surface area contributed by atoms with Gasteiger partial charge in [-0.2, -0.15) is 0 Å². The minimum absolute atomic E-state index is 0.965. The molecule has 0 unspecified atom stereocenters. The van der Waals surface area contributed by atoms with Crippen LogP contribution in [0.15, 0.2) is 140 Å². The molecule has 4 heteroatoms. The lowest BCUT2D eigenvalue weighted by molar-refractivity contribution is 1.32. The SMILES string of the molecule is S=P(c1ccccc1)(c1ccccc1)c1c2ccccc2cc2c3ccccc3n3c4ccccc4nc3c12. The van der Waals surface area contributed by atoms with Crippen LogP contribution in [0.4, 0.5) is 0 Å². The molecule has 0 saturated carbocycles. The Hall–Kier alpha value is -4.30. The number of imidazole rings is 1. The molecule has 8 rings (SSSR count). The Morgan fingerprint density at radius 1 is 0.538 bits per heavy atom. The van der Waals surface area contributed by atoms with Crippen molar-refractivity contribution in [1.82, 2.24) is 9.38 Å². The molecule has 184 valence electrons. The molecule has 0 aliphatic rings. The lowest BCUT2D eigenvalue weighted by atomic mass is 10.0. The van der Waals surface area contributed by atoms with Crippen LogP contribution >= 0.6 is 6.04 Å². The number of nitrogens with zero attached hydrogens (tertiary/aromatic N) is 2. The van der Waals surface area contributed by atoms with Crippen LogP contribution in [-0.2, 0) is 11.8 Å². The van der Waals surface area contributed by atoms with E-state index in [-0.39, 0.29) is 0 Å². The number of benzene rings is 6. The maximum atomic E-state index is 7.00. The third-order valence-electron chi connectivity index (χ3n) is 7.80. The average molecular weight is 535 g/mol. The Bertz CT molecular complexity index is 2210. The molecule has 6 aromatic carbocycles. The molecule has 0 amide bonds. The van der Waals surface area contributed by atoms with E-state index in [0.717, 1.165) is 27.6 Å². The number of aromatic nitrogens is 2. The van der Waals surface area contributed by atoms with Crippen LogP contribution in [0.5, 0.6) is 0 Å². The summed E-state index contributed by atoms with van der Waals surface area (Å²) in [5.74, 6) is 0. The van der Waals surface area contributed by atoms with Crippen molar-refractivity contribution in [3.8, 4) is 0 Å². The second-order valence-corrected chi connectivity index (χ2v) is 14.3. The molecule has 0 aliphatic heterocycles. The van der Waals surface area contributed by atoms with Crippen molar-refractivity contribution in [2.24, 2.45) is 0 Å². The first-order chi connectivity index (χ1) is 19.2. The van der Waals surface area contributed by atoms with Gasteiger partial charge in [-0.25, -0.2) is 4.98 Å². The first-order valence-corrected chi connectivity index (χ1v) is 15.9. The van der Waals surface area contributed by atoms with Gasteiger partial charge in [-0.1, -0.05) is 127 Å². The molecule has 0 radical (unpaired) electrons. The van der Waals surface area contributed by atoms with E-state index in [2.05, 4.69) is 144 Å². The normalized spacial score (nSPS) is 12.2. The molecule has 0 aliphatic carbocycles. The maximum absolute atomic E-state index is 7.00. The van der Waals surface area contributed by atoms with Crippen molar-refractivity contribution in [2.75, 3.05) is 0 Å². The van der Waals surface area contributed by atoms with Crippen molar-refractivity contribution in [2.45, 2.75) is 0 Å². The summed E-state index contributed by atoms with van der Waals surface area (Å²) in [6.07, 6.45) is 0. The summed E-state index contributed by atoms with van der Waals surface area (Å²) < 4.78 is 2.33. The van der Waals surface area contributed by atoms with Gasteiger partial charge in [0.25, 0.3) is 0 Å². The molecular weight excluding hydrogens is 511 g/mol. The van der Waals surface area contributed by atoms with Crippen LogP contribution in [0, 0.1) is 0 Å². The largest absolute Gasteiger partial charge is 0.292 e. The van der Waals surface area contributed by atoms with E-state index in [4.69, 9.17) is 16.8 Å². The van der Waals surface area contributed by atoms with Crippen molar-refractivity contribution in [3.63, 3.8) is 0 Å². The zero-order chi connectivity index (χ0) is 26.0. The van der Waals surface area contributed by atoms with Crippen LogP contribution < -0.4 is 15.9 Å². The third-order valence-corrected chi connectivity index (χ3v) is 12.8. The van der Waals surface area contributed by atoms with E-state index in [1.807, 2.05) is 0 Å². The fraction of sp³-hybridized carbons (Fsp3) is 0. The molecule has 2 heterocycles. The molecular formula is C35H23N2PS. The highest BCUT2D eigenvalue weighted by Gasteiger charge is 2.31. The monoisotopic (exact) mass is 534 g/mol. The third kappa shape index (κ3) is 3.21. The standard InChI is InChI=1S/C35H23N2PS/c39-38(25-14-3-1-4-15-25,26-16-5-2-6-17-26)34-27-18-8-7-13-24(27)23-29-28-19-9-11-21-31(28)37-32-22-12-10-20-30(32)36-35(37)33(29)34/h1-23H. The van der Waals surface area contributed by atoms with Gasteiger partial charge < -0.3 is 0 Å². The smallest absolute Gasteiger partial charge is 0.147 e. The van der Waals surface area contributed by atoms with Gasteiger partial charge in [-0.05, 0) is 51.0 Å². The number of hydrogen-bond acceptors (Lipinski definition) is 2. The Balaban J connectivity index is 1.72. The predicted molar refractivity (Wildman–Crippen MR) is 171 cm³/mol. The Morgan fingerprint density at radius 3 is 1.82 bits per heavy atom.